The molecule has 1 heterocycles. The maximum absolute atomic E-state index is 12.7. The summed E-state index contributed by atoms with van der Waals surface area (Å²) >= 11 is 5.95. The van der Waals surface area contributed by atoms with Gasteiger partial charge >= 0.3 is 0 Å². The van der Waals surface area contributed by atoms with Crippen LogP contribution < -0.4 is 0 Å². The van der Waals surface area contributed by atoms with Gasteiger partial charge in [0.2, 0.25) is 0 Å². The van der Waals surface area contributed by atoms with E-state index < -0.39 is 0 Å². The summed E-state index contributed by atoms with van der Waals surface area (Å²) < 4.78 is 14.3. The van der Waals surface area contributed by atoms with Crippen LogP contribution >= 0.6 is 11.6 Å². The second-order valence-corrected chi connectivity index (χ2v) is 3.78. The van der Waals surface area contributed by atoms with Gasteiger partial charge in [-0.1, -0.05) is 23.7 Å². The smallest absolute Gasteiger partial charge is 0.127 e. The Hall–Kier alpha value is -1.35. The van der Waals surface area contributed by atoms with E-state index in [1.807, 2.05) is 6.92 Å². The molecular formula is C11H10ClFN2. The largest absolute Gasteiger partial charge is 0.249 e. The van der Waals surface area contributed by atoms with Gasteiger partial charge in [0.05, 0.1) is 12.2 Å². The minimum atomic E-state index is -0.235. The molecule has 4 heteroatoms. The summed E-state index contributed by atoms with van der Waals surface area (Å²) in [5.41, 5.74) is 1.85. The zero-order chi connectivity index (χ0) is 10.8. The van der Waals surface area contributed by atoms with Crippen LogP contribution in [-0.2, 0) is 6.54 Å². The molecule has 0 atom stereocenters. The predicted octanol–water partition coefficient (Wildman–Crippen LogP) is 3.03. The van der Waals surface area contributed by atoms with Crippen LogP contribution in [0.3, 0.4) is 0 Å². The van der Waals surface area contributed by atoms with Crippen molar-refractivity contribution in [3.05, 3.63) is 52.6 Å². The normalized spacial score (nSPS) is 10.6. The van der Waals surface area contributed by atoms with Crippen LogP contribution in [0, 0.1) is 12.7 Å². The average Bonchev–Trinajstić information content (AvgIpc) is 2.49. The van der Waals surface area contributed by atoms with E-state index in [1.54, 1.807) is 22.9 Å². The first-order valence-electron chi connectivity index (χ1n) is 4.59. The Labute approximate surface area is 92.3 Å². The molecule has 0 saturated heterocycles. The molecule has 0 fully saturated rings. The van der Waals surface area contributed by atoms with Gasteiger partial charge in [0.1, 0.15) is 11.0 Å². The molecule has 15 heavy (non-hydrogen) atoms. The fraction of sp³-hybridized carbons (Fsp3) is 0.182. The maximum Gasteiger partial charge on any atom is 0.127 e. The monoisotopic (exact) mass is 224 g/mol. The Balaban J connectivity index is 2.21. The van der Waals surface area contributed by atoms with Crippen LogP contribution in [0.15, 0.2) is 30.3 Å². The summed E-state index contributed by atoms with van der Waals surface area (Å²) in [7, 11) is 0. The summed E-state index contributed by atoms with van der Waals surface area (Å²) in [6.45, 7) is 2.44. The van der Waals surface area contributed by atoms with Crippen molar-refractivity contribution in [1.82, 2.24) is 9.78 Å². The summed E-state index contributed by atoms with van der Waals surface area (Å²) in [6.07, 6.45) is 0. The number of aromatic nitrogens is 2. The standard InChI is InChI=1S/C11H10ClFN2/c1-8-6-11(12)15(14-8)7-9-2-4-10(13)5-3-9/h2-6H,7H2,1H3. The topological polar surface area (TPSA) is 17.8 Å². The molecule has 0 aliphatic rings. The summed E-state index contributed by atoms with van der Waals surface area (Å²) in [5.74, 6) is -0.235. The molecule has 0 aliphatic carbocycles. The third-order valence-electron chi connectivity index (χ3n) is 2.10. The van der Waals surface area contributed by atoms with Crippen molar-refractivity contribution in [3.63, 3.8) is 0 Å². The molecule has 2 nitrogen and oxygen atoms in total. The molecule has 0 radical (unpaired) electrons. The Morgan fingerprint density at radius 1 is 1.33 bits per heavy atom. The summed E-state index contributed by atoms with van der Waals surface area (Å²) in [5, 5.41) is 4.81. The van der Waals surface area contributed by atoms with Crippen molar-refractivity contribution in [2.24, 2.45) is 0 Å². The van der Waals surface area contributed by atoms with Gasteiger partial charge in [0, 0.05) is 0 Å². The molecule has 2 aromatic rings. The Bertz CT molecular complexity index is 462. The van der Waals surface area contributed by atoms with E-state index in [-0.39, 0.29) is 5.82 Å². The zero-order valence-electron chi connectivity index (χ0n) is 8.24. The van der Waals surface area contributed by atoms with Gasteiger partial charge in [-0.15, -0.1) is 0 Å². The first kappa shape index (κ1) is 10.2. The molecule has 1 aromatic heterocycles. The van der Waals surface area contributed by atoms with Crippen molar-refractivity contribution in [1.29, 1.82) is 0 Å². The fourth-order valence-electron chi connectivity index (χ4n) is 1.39. The van der Waals surface area contributed by atoms with Gasteiger partial charge in [-0.25, -0.2) is 9.07 Å². The molecule has 0 spiro atoms. The van der Waals surface area contributed by atoms with Crippen LogP contribution in [-0.4, -0.2) is 9.78 Å². The van der Waals surface area contributed by atoms with Gasteiger partial charge in [0.15, 0.2) is 0 Å². The van der Waals surface area contributed by atoms with Gasteiger partial charge in [-0.3, -0.25) is 0 Å². The second-order valence-electron chi connectivity index (χ2n) is 3.39. The third kappa shape index (κ3) is 2.36. The maximum atomic E-state index is 12.7. The van der Waals surface area contributed by atoms with Crippen LogP contribution in [0.5, 0.6) is 0 Å². The SMILES string of the molecule is Cc1cc(Cl)n(Cc2ccc(F)cc2)n1. The Morgan fingerprint density at radius 3 is 2.53 bits per heavy atom. The van der Waals surface area contributed by atoms with Crippen molar-refractivity contribution in [2.45, 2.75) is 13.5 Å². The second kappa shape index (κ2) is 4.03. The summed E-state index contributed by atoms with van der Waals surface area (Å²) in [4.78, 5) is 0. The number of benzene rings is 1. The highest BCUT2D eigenvalue weighted by Gasteiger charge is 2.03. The van der Waals surface area contributed by atoms with Gasteiger partial charge in [-0.2, -0.15) is 5.10 Å². The van der Waals surface area contributed by atoms with Crippen LogP contribution in [0.25, 0.3) is 0 Å². The molecule has 0 N–H and O–H groups in total. The quantitative estimate of drug-likeness (QED) is 0.767. The minimum Gasteiger partial charge on any atom is -0.249 e. The lowest BCUT2D eigenvalue weighted by molar-refractivity contribution is 0.624. The van der Waals surface area contributed by atoms with E-state index in [9.17, 15) is 4.39 Å². The first-order valence-corrected chi connectivity index (χ1v) is 4.97. The molecule has 0 saturated carbocycles. The average molecular weight is 225 g/mol. The molecule has 1 aromatic carbocycles. The first-order chi connectivity index (χ1) is 7.15. The predicted molar refractivity (Wildman–Crippen MR) is 57.5 cm³/mol. The lowest BCUT2D eigenvalue weighted by Crippen LogP contribution is -2.01. The minimum absolute atomic E-state index is 0.235. The molecular weight excluding hydrogens is 215 g/mol. The Morgan fingerprint density at radius 2 is 2.00 bits per heavy atom. The van der Waals surface area contributed by atoms with Crippen molar-refractivity contribution < 1.29 is 4.39 Å². The highest BCUT2D eigenvalue weighted by molar-refractivity contribution is 6.29. The Kier molecular flexibility index (Phi) is 2.73. The number of hydrogen-bond acceptors (Lipinski definition) is 1. The van der Waals surface area contributed by atoms with Gasteiger partial charge < -0.3 is 0 Å². The van der Waals surface area contributed by atoms with Crippen molar-refractivity contribution in [2.75, 3.05) is 0 Å². The van der Waals surface area contributed by atoms with Crippen LogP contribution in [0.2, 0.25) is 5.15 Å². The van der Waals surface area contributed by atoms with E-state index in [1.165, 1.54) is 12.1 Å². The van der Waals surface area contributed by atoms with Crippen molar-refractivity contribution in [3.8, 4) is 0 Å². The molecule has 0 unspecified atom stereocenters. The third-order valence-corrected chi connectivity index (χ3v) is 2.40. The lowest BCUT2D eigenvalue weighted by Gasteiger charge is -2.02. The van der Waals surface area contributed by atoms with E-state index in [2.05, 4.69) is 5.10 Å². The van der Waals surface area contributed by atoms with Gasteiger partial charge in [-0.05, 0) is 30.7 Å². The van der Waals surface area contributed by atoms with E-state index in [0.717, 1.165) is 11.3 Å². The van der Waals surface area contributed by atoms with Crippen molar-refractivity contribution >= 4 is 11.6 Å². The zero-order valence-corrected chi connectivity index (χ0v) is 9.00. The van der Waals surface area contributed by atoms with Gasteiger partial charge in [0.25, 0.3) is 0 Å². The van der Waals surface area contributed by atoms with Crippen LogP contribution in [0.1, 0.15) is 11.3 Å². The van der Waals surface area contributed by atoms with E-state index in [0.29, 0.717) is 11.7 Å². The number of nitrogens with zero attached hydrogens (tertiary/aromatic N) is 2. The number of rotatable bonds is 2. The van der Waals surface area contributed by atoms with E-state index >= 15 is 0 Å². The number of aryl methyl sites for hydroxylation is 1. The number of hydrogen-bond donors (Lipinski definition) is 0. The van der Waals surface area contributed by atoms with E-state index in [4.69, 9.17) is 11.6 Å². The molecule has 0 amide bonds. The highest BCUT2D eigenvalue weighted by atomic mass is 35.5. The number of halogens is 2. The molecule has 0 aliphatic heterocycles. The summed E-state index contributed by atoms with van der Waals surface area (Å²) in [6, 6.07) is 8.11. The van der Waals surface area contributed by atoms with Crippen LogP contribution in [0.4, 0.5) is 4.39 Å². The molecule has 2 rings (SSSR count). The lowest BCUT2D eigenvalue weighted by atomic mass is 10.2. The highest BCUT2D eigenvalue weighted by Crippen LogP contribution is 2.13. The molecule has 0 bridgehead atoms. The molecule has 78 valence electrons. The fourth-order valence-corrected chi connectivity index (χ4v) is 1.64.